The maximum atomic E-state index is 13.5. The van der Waals surface area contributed by atoms with Crippen molar-refractivity contribution < 1.29 is 13.7 Å². The number of benzene rings is 1. The van der Waals surface area contributed by atoms with Crippen LogP contribution in [0.15, 0.2) is 22.7 Å². The number of ether oxygens (including phenoxy) is 1. The van der Waals surface area contributed by atoms with Gasteiger partial charge in [-0.25, -0.2) is 4.39 Å². The van der Waals surface area contributed by atoms with E-state index in [4.69, 9.17) is 9.26 Å². The van der Waals surface area contributed by atoms with Crippen molar-refractivity contribution in [1.29, 1.82) is 0 Å². The average molecular weight is 292 g/mol. The number of rotatable bonds is 5. The molecule has 1 heterocycles. The lowest BCUT2D eigenvalue weighted by Gasteiger charge is -2.21. The van der Waals surface area contributed by atoms with Gasteiger partial charge in [0.25, 0.3) is 0 Å². The van der Waals surface area contributed by atoms with E-state index in [0.29, 0.717) is 0 Å². The van der Waals surface area contributed by atoms with Crippen LogP contribution in [0.1, 0.15) is 48.5 Å². The third-order valence-electron chi connectivity index (χ3n) is 3.70. The zero-order chi connectivity index (χ0) is 15.6. The summed E-state index contributed by atoms with van der Waals surface area (Å²) in [5, 5.41) is 7.44. The molecule has 0 aliphatic heterocycles. The van der Waals surface area contributed by atoms with Crippen LogP contribution in [-0.2, 0) is 0 Å². The van der Waals surface area contributed by atoms with Crippen molar-refractivity contribution >= 4 is 0 Å². The molecule has 2 unspecified atom stereocenters. The molecule has 1 aromatic carbocycles. The number of nitrogens with one attached hydrogen (secondary N) is 1. The minimum atomic E-state index is -0.354. The van der Waals surface area contributed by atoms with E-state index in [9.17, 15) is 4.39 Å². The van der Waals surface area contributed by atoms with Crippen LogP contribution in [0, 0.1) is 19.7 Å². The Balaban J connectivity index is 2.16. The zero-order valence-electron chi connectivity index (χ0n) is 13.0. The summed E-state index contributed by atoms with van der Waals surface area (Å²) in [7, 11) is 1.47. The highest BCUT2D eigenvalue weighted by Crippen LogP contribution is 2.27. The van der Waals surface area contributed by atoms with Crippen LogP contribution in [0.2, 0.25) is 0 Å². The second-order valence-electron chi connectivity index (χ2n) is 5.24. The first-order valence-electron chi connectivity index (χ1n) is 6.96. The molecule has 0 spiro atoms. The molecule has 0 bridgehead atoms. The van der Waals surface area contributed by atoms with Gasteiger partial charge >= 0.3 is 0 Å². The lowest BCUT2D eigenvalue weighted by Crippen LogP contribution is -2.23. The molecule has 2 rings (SSSR count). The lowest BCUT2D eigenvalue weighted by atomic mass is 10.0. The third-order valence-corrected chi connectivity index (χ3v) is 3.70. The fraction of sp³-hybridized carbons (Fsp3) is 0.438. The third kappa shape index (κ3) is 3.24. The molecule has 0 radical (unpaired) electrons. The molecule has 0 aliphatic carbocycles. The SMILES string of the molecule is COc1cc(C(C)NC(C)c2c(C)noc2C)ccc1F. The summed E-state index contributed by atoms with van der Waals surface area (Å²) in [5.74, 6) is 0.717. The van der Waals surface area contributed by atoms with E-state index in [1.54, 1.807) is 12.1 Å². The number of methoxy groups -OCH3 is 1. The summed E-state index contributed by atoms with van der Waals surface area (Å²) in [5.41, 5.74) is 2.92. The number of hydrogen-bond donors (Lipinski definition) is 1. The molecular weight excluding hydrogens is 271 g/mol. The summed E-state index contributed by atoms with van der Waals surface area (Å²) < 4.78 is 23.7. The highest BCUT2D eigenvalue weighted by Gasteiger charge is 2.19. The second-order valence-corrected chi connectivity index (χ2v) is 5.24. The molecule has 0 amide bonds. The summed E-state index contributed by atoms with van der Waals surface area (Å²) in [6, 6.07) is 5.03. The van der Waals surface area contributed by atoms with Crippen LogP contribution in [0.5, 0.6) is 5.75 Å². The van der Waals surface area contributed by atoms with Crippen molar-refractivity contribution in [1.82, 2.24) is 10.5 Å². The van der Waals surface area contributed by atoms with Gasteiger partial charge in [0.05, 0.1) is 12.8 Å². The van der Waals surface area contributed by atoms with Gasteiger partial charge in [0, 0.05) is 17.6 Å². The van der Waals surface area contributed by atoms with Gasteiger partial charge in [0.15, 0.2) is 11.6 Å². The molecule has 1 N–H and O–H groups in total. The van der Waals surface area contributed by atoms with Crippen molar-refractivity contribution in [3.05, 3.63) is 46.6 Å². The van der Waals surface area contributed by atoms with E-state index in [1.165, 1.54) is 13.2 Å². The number of hydrogen-bond acceptors (Lipinski definition) is 4. The Morgan fingerprint density at radius 3 is 2.52 bits per heavy atom. The first-order chi connectivity index (χ1) is 9.93. The van der Waals surface area contributed by atoms with Gasteiger partial charge < -0.3 is 14.6 Å². The molecule has 2 atom stereocenters. The number of aryl methyl sites for hydroxylation is 2. The Morgan fingerprint density at radius 2 is 1.95 bits per heavy atom. The number of aromatic nitrogens is 1. The predicted molar refractivity (Wildman–Crippen MR) is 78.9 cm³/mol. The first-order valence-corrected chi connectivity index (χ1v) is 6.96. The maximum absolute atomic E-state index is 13.5. The monoisotopic (exact) mass is 292 g/mol. The second kappa shape index (κ2) is 6.26. The highest BCUT2D eigenvalue weighted by molar-refractivity contribution is 5.32. The fourth-order valence-electron chi connectivity index (χ4n) is 2.61. The van der Waals surface area contributed by atoms with E-state index in [0.717, 1.165) is 22.6 Å². The topological polar surface area (TPSA) is 47.3 Å². The van der Waals surface area contributed by atoms with Gasteiger partial charge in [-0.1, -0.05) is 11.2 Å². The summed E-state index contributed by atoms with van der Waals surface area (Å²) in [6.07, 6.45) is 0. The largest absolute Gasteiger partial charge is 0.494 e. The van der Waals surface area contributed by atoms with E-state index in [2.05, 4.69) is 17.4 Å². The molecule has 4 nitrogen and oxygen atoms in total. The van der Waals surface area contributed by atoms with Crippen LogP contribution in [0.25, 0.3) is 0 Å². The highest BCUT2D eigenvalue weighted by atomic mass is 19.1. The van der Waals surface area contributed by atoms with Gasteiger partial charge in [-0.3, -0.25) is 0 Å². The van der Waals surface area contributed by atoms with Crippen molar-refractivity contribution in [3.8, 4) is 5.75 Å². The molecule has 114 valence electrons. The standard InChI is InChI=1S/C16H21FN2O2/c1-9(13-6-7-14(17)15(8-13)20-5)18-10(2)16-11(3)19-21-12(16)4/h6-10,18H,1-5H3. The molecule has 5 heteroatoms. The quantitative estimate of drug-likeness (QED) is 0.909. The summed E-state index contributed by atoms with van der Waals surface area (Å²) in [4.78, 5) is 0. The Kier molecular flexibility index (Phi) is 4.63. The van der Waals surface area contributed by atoms with E-state index >= 15 is 0 Å². The lowest BCUT2D eigenvalue weighted by molar-refractivity contribution is 0.383. The van der Waals surface area contributed by atoms with E-state index in [1.807, 2.05) is 20.8 Å². The van der Waals surface area contributed by atoms with Gasteiger partial charge in [0.1, 0.15) is 5.76 Å². The van der Waals surface area contributed by atoms with E-state index < -0.39 is 0 Å². The van der Waals surface area contributed by atoms with Crippen molar-refractivity contribution in [2.45, 2.75) is 39.8 Å². The maximum Gasteiger partial charge on any atom is 0.165 e. The molecule has 21 heavy (non-hydrogen) atoms. The Labute approximate surface area is 124 Å². The normalized spacial score (nSPS) is 14.0. The molecule has 1 aromatic heterocycles. The Hall–Kier alpha value is -1.88. The Morgan fingerprint density at radius 1 is 1.24 bits per heavy atom. The van der Waals surface area contributed by atoms with Crippen molar-refractivity contribution in [3.63, 3.8) is 0 Å². The van der Waals surface area contributed by atoms with Gasteiger partial charge in [-0.05, 0) is 45.4 Å². The van der Waals surface area contributed by atoms with Crippen LogP contribution in [0.3, 0.4) is 0 Å². The number of nitrogens with zero attached hydrogens (tertiary/aromatic N) is 1. The first kappa shape index (κ1) is 15.5. The predicted octanol–water partition coefficient (Wildman–Crippen LogP) is 3.85. The minimum absolute atomic E-state index is 0.0446. The molecule has 0 fully saturated rings. The number of halogens is 1. The fourth-order valence-corrected chi connectivity index (χ4v) is 2.61. The van der Waals surface area contributed by atoms with Crippen LogP contribution in [-0.4, -0.2) is 12.3 Å². The van der Waals surface area contributed by atoms with Crippen LogP contribution < -0.4 is 10.1 Å². The van der Waals surface area contributed by atoms with Crippen LogP contribution in [0.4, 0.5) is 4.39 Å². The van der Waals surface area contributed by atoms with Gasteiger partial charge in [-0.15, -0.1) is 0 Å². The molecule has 0 saturated heterocycles. The molecule has 0 saturated carbocycles. The smallest absolute Gasteiger partial charge is 0.165 e. The summed E-state index contributed by atoms with van der Waals surface area (Å²) >= 11 is 0. The summed E-state index contributed by atoms with van der Waals surface area (Å²) in [6.45, 7) is 7.92. The average Bonchev–Trinajstić information content (AvgIpc) is 2.78. The van der Waals surface area contributed by atoms with Gasteiger partial charge in [-0.2, -0.15) is 0 Å². The molecule has 0 aliphatic rings. The minimum Gasteiger partial charge on any atom is -0.494 e. The molecular formula is C16H21FN2O2. The Bertz CT molecular complexity index is 605. The molecule has 2 aromatic rings. The van der Waals surface area contributed by atoms with Gasteiger partial charge in [0.2, 0.25) is 0 Å². The van der Waals surface area contributed by atoms with Crippen molar-refractivity contribution in [2.24, 2.45) is 0 Å². The van der Waals surface area contributed by atoms with Crippen LogP contribution >= 0.6 is 0 Å². The van der Waals surface area contributed by atoms with E-state index in [-0.39, 0.29) is 23.7 Å². The zero-order valence-corrected chi connectivity index (χ0v) is 13.0. The van der Waals surface area contributed by atoms with Crippen molar-refractivity contribution in [2.75, 3.05) is 7.11 Å².